The van der Waals surface area contributed by atoms with Gasteiger partial charge >= 0.3 is 5.63 Å². The van der Waals surface area contributed by atoms with Crippen molar-refractivity contribution in [2.75, 3.05) is 23.8 Å². The summed E-state index contributed by atoms with van der Waals surface area (Å²) in [6.45, 7) is 4.21. The first kappa shape index (κ1) is 25.0. The van der Waals surface area contributed by atoms with E-state index in [0.717, 1.165) is 4.47 Å². The van der Waals surface area contributed by atoms with Crippen LogP contribution in [0, 0.1) is 0 Å². The van der Waals surface area contributed by atoms with Crippen molar-refractivity contribution in [2.45, 2.75) is 13.8 Å². The maximum Gasteiger partial charge on any atom is 0.349 e. The van der Waals surface area contributed by atoms with Crippen LogP contribution in [-0.4, -0.2) is 25.0 Å². The minimum atomic E-state index is -0.767. The summed E-state index contributed by atoms with van der Waals surface area (Å²) in [6, 6.07) is 18.5. The fourth-order valence-corrected chi connectivity index (χ4v) is 3.91. The molecule has 184 valence electrons. The highest BCUT2D eigenvalue weighted by atomic mass is 79.9. The van der Waals surface area contributed by atoms with E-state index in [2.05, 4.69) is 26.6 Å². The highest BCUT2D eigenvalue weighted by Crippen LogP contribution is 2.37. The summed E-state index contributed by atoms with van der Waals surface area (Å²) < 4.78 is 17.5. The number of ether oxygens (including phenoxy) is 2. The summed E-state index contributed by atoms with van der Waals surface area (Å²) in [7, 11) is 0. The Labute approximate surface area is 215 Å². The number of hydrogen-bond donors (Lipinski definition) is 2. The molecule has 1 aromatic heterocycles. The molecule has 3 aromatic carbocycles. The summed E-state index contributed by atoms with van der Waals surface area (Å²) in [6.07, 6.45) is 0. The molecule has 4 aromatic rings. The average Bonchev–Trinajstić information content (AvgIpc) is 2.87. The molecule has 0 aliphatic carbocycles. The number of rotatable bonds is 8. The molecular formula is C27H23BrN2O6. The van der Waals surface area contributed by atoms with Crippen LogP contribution in [-0.2, 0) is 0 Å². The van der Waals surface area contributed by atoms with Crippen LogP contribution in [0.5, 0.6) is 11.5 Å². The summed E-state index contributed by atoms with van der Waals surface area (Å²) in [5.41, 5.74) is 0.565. The Morgan fingerprint density at radius 3 is 2.06 bits per heavy atom. The molecule has 0 unspecified atom stereocenters. The van der Waals surface area contributed by atoms with Gasteiger partial charge in [0, 0.05) is 27.6 Å². The zero-order valence-corrected chi connectivity index (χ0v) is 21.2. The molecule has 0 fully saturated rings. The second-order valence-corrected chi connectivity index (χ2v) is 8.53. The Morgan fingerprint density at radius 2 is 1.44 bits per heavy atom. The topological polar surface area (TPSA) is 107 Å². The van der Waals surface area contributed by atoms with E-state index in [1.54, 1.807) is 68.4 Å². The lowest BCUT2D eigenvalue weighted by molar-refractivity contribution is 0.101. The zero-order chi connectivity index (χ0) is 25.7. The molecule has 0 atom stereocenters. The summed E-state index contributed by atoms with van der Waals surface area (Å²) in [5.74, 6) is -0.369. The van der Waals surface area contributed by atoms with E-state index in [-0.39, 0.29) is 17.2 Å². The number of hydrogen-bond acceptors (Lipinski definition) is 6. The lowest BCUT2D eigenvalue weighted by Gasteiger charge is -2.18. The molecule has 8 nitrogen and oxygen atoms in total. The number of amides is 2. The first-order chi connectivity index (χ1) is 17.4. The lowest BCUT2D eigenvalue weighted by atomic mass is 10.1. The lowest BCUT2D eigenvalue weighted by Crippen LogP contribution is -2.21. The van der Waals surface area contributed by atoms with Crippen LogP contribution in [0.3, 0.4) is 0 Å². The molecule has 0 aliphatic rings. The first-order valence-electron chi connectivity index (χ1n) is 11.2. The van der Waals surface area contributed by atoms with Gasteiger partial charge in [0.15, 0.2) is 0 Å². The van der Waals surface area contributed by atoms with Crippen LogP contribution in [0.15, 0.2) is 80.4 Å². The third kappa shape index (κ3) is 5.58. The van der Waals surface area contributed by atoms with E-state index in [1.165, 1.54) is 6.07 Å². The zero-order valence-electron chi connectivity index (χ0n) is 19.6. The predicted molar refractivity (Wildman–Crippen MR) is 141 cm³/mol. The van der Waals surface area contributed by atoms with Gasteiger partial charge in [-0.15, -0.1) is 0 Å². The molecule has 9 heteroatoms. The van der Waals surface area contributed by atoms with E-state index in [9.17, 15) is 14.4 Å². The van der Waals surface area contributed by atoms with Crippen molar-refractivity contribution < 1.29 is 23.5 Å². The smallest absolute Gasteiger partial charge is 0.349 e. The second kappa shape index (κ2) is 11.1. The third-order valence-corrected chi connectivity index (χ3v) is 5.65. The fraction of sp³-hybridized carbons (Fsp3) is 0.148. The molecule has 1 heterocycles. The van der Waals surface area contributed by atoms with E-state index in [1.807, 2.05) is 6.07 Å². The van der Waals surface area contributed by atoms with Gasteiger partial charge < -0.3 is 24.5 Å². The van der Waals surface area contributed by atoms with E-state index in [4.69, 9.17) is 13.9 Å². The molecular weight excluding hydrogens is 528 g/mol. The van der Waals surface area contributed by atoms with Crippen molar-refractivity contribution in [3.8, 4) is 11.5 Å². The molecule has 4 rings (SSSR count). The van der Waals surface area contributed by atoms with Gasteiger partial charge in [-0.2, -0.15) is 0 Å². The Kier molecular flexibility index (Phi) is 7.70. The number of fused-ring (bicyclic) bond motifs is 1. The van der Waals surface area contributed by atoms with Crippen molar-refractivity contribution in [1.29, 1.82) is 0 Å². The molecule has 0 bridgehead atoms. The van der Waals surface area contributed by atoms with Gasteiger partial charge in [-0.3, -0.25) is 9.59 Å². The van der Waals surface area contributed by atoms with Crippen LogP contribution in [0.2, 0.25) is 0 Å². The number of carbonyl (C=O) groups excluding carboxylic acids is 2. The van der Waals surface area contributed by atoms with Gasteiger partial charge in [-0.1, -0.05) is 34.1 Å². The Hall–Kier alpha value is -4.11. The van der Waals surface area contributed by atoms with E-state index in [0.29, 0.717) is 46.9 Å². The number of halogens is 1. The van der Waals surface area contributed by atoms with Crippen LogP contribution in [0.4, 0.5) is 11.4 Å². The second-order valence-electron chi connectivity index (χ2n) is 7.61. The normalized spacial score (nSPS) is 10.6. The van der Waals surface area contributed by atoms with Crippen molar-refractivity contribution in [3.05, 3.63) is 92.7 Å². The van der Waals surface area contributed by atoms with Gasteiger partial charge in [-0.05, 0) is 50.2 Å². The van der Waals surface area contributed by atoms with Crippen LogP contribution < -0.4 is 25.7 Å². The summed E-state index contributed by atoms with van der Waals surface area (Å²) in [4.78, 5) is 38.3. The van der Waals surface area contributed by atoms with Crippen molar-refractivity contribution in [1.82, 2.24) is 0 Å². The maximum absolute atomic E-state index is 13.1. The van der Waals surface area contributed by atoms with Gasteiger partial charge in [0.2, 0.25) is 0 Å². The van der Waals surface area contributed by atoms with Gasteiger partial charge in [0.1, 0.15) is 22.6 Å². The van der Waals surface area contributed by atoms with Crippen molar-refractivity contribution >= 4 is 50.1 Å². The Morgan fingerprint density at radius 1 is 0.833 bits per heavy atom. The monoisotopic (exact) mass is 550 g/mol. The number of anilines is 2. The average molecular weight is 551 g/mol. The summed E-state index contributed by atoms with van der Waals surface area (Å²) in [5, 5.41) is 6.14. The highest BCUT2D eigenvalue weighted by Gasteiger charge is 2.20. The van der Waals surface area contributed by atoms with Crippen LogP contribution in [0.1, 0.15) is 34.6 Å². The highest BCUT2D eigenvalue weighted by molar-refractivity contribution is 9.10. The molecule has 0 spiro atoms. The van der Waals surface area contributed by atoms with Crippen LogP contribution in [0.25, 0.3) is 11.0 Å². The standard InChI is InChI=1S/C27H23BrN2O6/c1-3-34-23-15-21(24(35-4-2)14-20(23)29-25(31)16-8-6-5-7-9-16)30-26(32)19-13-17-12-18(28)10-11-22(17)36-27(19)33/h5-15H,3-4H2,1-2H3,(H,29,31)(H,30,32). The predicted octanol–water partition coefficient (Wildman–Crippen LogP) is 5.86. The number of benzene rings is 3. The van der Waals surface area contributed by atoms with Gasteiger partial charge in [0.25, 0.3) is 11.8 Å². The molecule has 2 N–H and O–H groups in total. The minimum Gasteiger partial charge on any atom is -0.492 e. The molecule has 0 radical (unpaired) electrons. The number of nitrogens with one attached hydrogen (secondary N) is 2. The molecule has 0 aliphatic heterocycles. The Balaban J connectivity index is 1.69. The third-order valence-electron chi connectivity index (χ3n) is 5.15. The van der Waals surface area contributed by atoms with Crippen LogP contribution >= 0.6 is 15.9 Å². The first-order valence-corrected chi connectivity index (χ1v) is 12.0. The largest absolute Gasteiger partial charge is 0.492 e. The number of carbonyl (C=O) groups is 2. The SMILES string of the molecule is CCOc1cc(NC(=O)c2cc3cc(Br)ccc3oc2=O)c(OCC)cc1NC(=O)c1ccccc1. The van der Waals surface area contributed by atoms with Gasteiger partial charge in [0.05, 0.1) is 24.6 Å². The van der Waals surface area contributed by atoms with Gasteiger partial charge in [-0.25, -0.2) is 4.79 Å². The molecule has 0 saturated carbocycles. The van der Waals surface area contributed by atoms with Crippen molar-refractivity contribution in [3.63, 3.8) is 0 Å². The molecule has 2 amide bonds. The fourth-order valence-electron chi connectivity index (χ4n) is 3.53. The van der Waals surface area contributed by atoms with Crippen molar-refractivity contribution in [2.24, 2.45) is 0 Å². The molecule has 36 heavy (non-hydrogen) atoms. The summed E-state index contributed by atoms with van der Waals surface area (Å²) >= 11 is 3.37. The molecule has 0 saturated heterocycles. The quantitative estimate of drug-likeness (QED) is 0.266. The Bertz CT molecular complexity index is 1480. The van der Waals surface area contributed by atoms with E-state index < -0.39 is 11.5 Å². The maximum atomic E-state index is 13.1. The van der Waals surface area contributed by atoms with E-state index >= 15 is 0 Å². The minimum absolute atomic E-state index is 0.164.